The van der Waals surface area contributed by atoms with Gasteiger partial charge in [0.1, 0.15) is 5.69 Å². The van der Waals surface area contributed by atoms with Gasteiger partial charge in [-0.05, 0) is 48.7 Å². The van der Waals surface area contributed by atoms with E-state index in [0.717, 1.165) is 12.1 Å². The Bertz CT molecular complexity index is 625. The molecule has 2 rings (SSSR count). The molecule has 0 atom stereocenters. The van der Waals surface area contributed by atoms with E-state index in [9.17, 15) is 4.79 Å². The Morgan fingerprint density at radius 1 is 1.25 bits per heavy atom. The number of pyridine rings is 1. The van der Waals surface area contributed by atoms with Gasteiger partial charge in [0, 0.05) is 11.9 Å². The summed E-state index contributed by atoms with van der Waals surface area (Å²) in [4.78, 5) is 16.2. The van der Waals surface area contributed by atoms with Crippen LogP contribution in [0.25, 0.3) is 0 Å². The van der Waals surface area contributed by atoms with Crippen LogP contribution in [0.2, 0.25) is 0 Å². The van der Waals surface area contributed by atoms with Crippen molar-refractivity contribution in [2.24, 2.45) is 5.84 Å². The van der Waals surface area contributed by atoms with Crippen LogP contribution in [0.15, 0.2) is 36.5 Å². The first-order valence-electron chi connectivity index (χ1n) is 6.47. The zero-order valence-corrected chi connectivity index (χ0v) is 11.6. The molecular weight excluding hydrogens is 252 g/mol. The van der Waals surface area contributed by atoms with Crippen LogP contribution in [0, 0.1) is 6.92 Å². The van der Waals surface area contributed by atoms with E-state index >= 15 is 0 Å². The number of benzene rings is 1. The largest absolute Gasteiger partial charge is 0.324 e. The highest BCUT2D eigenvalue weighted by Crippen LogP contribution is 2.17. The molecule has 5 nitrogen and oxygen atoms in total. The van der Waals surface area contributed by atoms with Crippen LogP contribution in [0.5, 0.6) is 0 Å². The summed E-state index contributed by atoms with van der Waals surface area (Å²) in [6.07, 6.45) is 2.47. The van der Waals surface area contributed by atoms with E-state index in [-0.39, 0.29) is 5.91 Å². The summed E-state index contributed by atoms with van der Waals surface area (Å²) < 4.78 is 0. The van der Waals surface area contributed by atoms with E-state index in [1.165, 1.54) is 17.3 Å². The monoisotopic (exact) mass is 270 g/mol. The number of aryl methyl sites for hydroxylation is 2. The first-order chi connectivity index (χ1) is 9.63. The SMILES string of the molecule is CCc1cc(NC(=O)c2cc(NN)ccn2)ccc1C. The molecule has 1 aromatic heterocycles. The second-order valence-electron chi connectivity index (χ2n) is 4.52. The molecule has 0 saturated carbocycles. The first-order valence-corrected chi connectivity index (χ1v) is 6.47. The van der Waals surface area contributed by atoms with E-state index in [4.69, 9.17) is 5.84 Å². The summed E-state index contributed by atoms with van der Waals surface area (Å²) >= 11 is 0. The molecule has 1 heterocycles. The number of hydrazine groups is 1. The lowest BCUT2D eigenvalue weighted by molar-refractivity contribution is 0.102. The molecule has 5 heteroatoms. The van der Waals surface area contributed by atoms with E-state index in [1.807, 2.05) is 18.2 Å². The van der Waals surface area contributed by atoms with E-state index in [2.05, 4.69) is 29.6 Å². The van der Waals surface area contributed by atoms with Gasteiger partial charge in [-0.3, -0.25) is 15.6 Å². The molecule has 20 heavy (non-hydrogen) atoms. The van der Waals surface area contributed by atoms with Crippen molar-refractivity contribution in [1.29, 1.82) is 0 Å². The number of hydrogen-bond acceptors (Lipinski definition) is 4. The Kier molecular flexibility index (Phi) is 4.32. The van der Waals surface area contributed by atoms with Gasteiger partial charge in [0.25, 0.3) is 5.91 Å². The Hall–Kier alpha value is -2.40. The van der Waals surface area contributed by atoms with Crippen LogP contribution in [0.3, 0.4) is 0 Å². The molecule has 1 amide bonds. The average Bonchev–Trinajstić information content (AvgIpc) is 2.49. The molecule has 104 valence electrons. The fourth-order valence-corrected chi connectivity index (χ4v) is 1.97. The third-order valence-corrected chi connectivity index (χ3v) is 3.15. The zero-order chi connectivity index (χ0) is 14.5. The quantitative estimate of drug-likeness (QED) is 0.589. The van der Waals surface area contributed by atoms with Crippen LogP contribution in [0.1, 0.15) is 28.5 Å². The summed E-state index contributed by atoms with van der Waals surface area (Å²) in [6.45, 7) is 4.15. The van der Waals surface area contributed by atoms with Crippen LogP contribution in [-0.2, 0) is 6.42 Å². The maximum absolute atomic E-state index is 12.1. The summed E-state index contributed by atoms with van der Waals surface area (Å²) in [5, 5.41) is 2.84. The molecule has 0 saturated heterocycles. The number of aromatic nitrogens is 1. The molecule has 0 aliphatic rings. The lowest BCUT2D eigenvalue weighted by atomic mass is 10.1. The molecule has 0 radical (unpaired) electrons. The van der Waals surface area contributed by atoms with Gasteiger partial charge >= 0.3 is 0 Å². The van der Waals surface area contributed by atoms with Gasteiger partial charge in [-0.25, -0.2) is 0 Å². The third-order valence-electron chi connectivity index (χ3n) is 3.15. The van der Waals surface area contributed by atoms with Crippen LogP contribution in [-0.4, -0.2) is 10.9 Å². The van der Waals surface area contributed by atoms with Gasteiger partial charge in [-0.1, -0.05) is 13.0 Å². The number of nitrogens with one attached hydrogen (secondary N) is 2. The van der Waals surface area contributed by atoms with Crippen LogP contribution < -0.4 is 16.6 Å². The van der Waals surface area contributed by atoms with Gasteiger partial charge in [-0.2, -0.15) is 0 Å². The Morgan fingerprint density at radius 3 is 2.75 bits per heavy atom. The smallest absolute Gasteiger partial charge is 0.274 e. The van der Waals surface area contributed by atoms with Crippen molar-refractivity contribution < 1.29 is 4.79 Å². The first kappa shape index (κ1) is 14.0. The van der Waals surface area contributed by atoms with Gasteiger partial charge in [0.2, 0.25) is 0 Å². The predicted molar refractivity (Wildman–Crippen MR) is 80.6 cm³/mol. The van der Waals surface area contributed by atoms with Gasteiger partial charge in [-0.15, -0.1) is 0 Å². The van der Waals surface area contributed by atoms with Crippen LogP contribution >= 0.6 is 0 Å². The lowest BCUT2D eigenvalue weighted by Gasteiger charge is -2.09. The van der Waals surface area contributed by atoms with Crippen molar-refractivity contribution in [3.63, 3.8) is 0 Å². The Morgan fingerprint density at radius 2 is 2.05 bits per heavy atom. The molecule has 0 aliphatic carbocycles. The minimum absolute atomic E-state index is 0.256. The summed E-state index contributed by atoms with van der Waals surface area (Å²) in [6, 6.07) is 9.16. The summed E-state index contributed by atoms with van der Waals surface area (Å²) in [5.41, 5.74) is 6.66. The van der Waals surface area contributed by atoms with Crippen molar-refractivity contribution >= 4 is 17.3 Å². The molecule has 0 fully saturated rings. The Labute approximate surface area is 118 Å². The number of anilines is 2. The highest BCUT2D eigenvalue weighted by Gasteiger charge is 2.09. The highest BCUT2D eigenvalue weighted by atomic mass is 16.1. The highest BCUT2D eigenvalue weighted by molar-refractivity contribution is 6.03. The van der Waals surface area contributed by atoms with Gasteiger partial charge in [0.15, 0.2) is 0 Å². The van der Waals surface area contributed by atoms with Crippen molar-refractivity contribution in [3.8, 4) is 0 Å². The minimum atomic E-state index is -0.256. The average molecular weight is 270 g/mol. The molecule has 0 aliphatic heterocycles. The van der Waals surface area contributed by atoms with Crippen molar-refractivity contribution in [3.05, 3.63) is 53.3 Å². The normalized spacial score (nSPS) is 10.2. The number of nitrogen functional groups attached to an aromatic ring is 1. The molecule has 0 unspecified atom stereocenters. The second-order valence-corrected chi connectivity index (χ2v) is 4.52. The zero-order valence-electron chi connectivity index (χ0n) is 11.6. The Balaban J connectivity index is 2.18. The number of nitrogens with two attached hydrogens (primary N) is 1. The number of carbonyl (C=O) groups is 1. The van der Waals surface area contributed by atoms with E-state index in [0.29, 0.717) is 11.4 Å². The number of hydrogen-bond donors (Lipinski definition) is 3. The van der Waals surface area contributed by atoms with Crippen molar-refractivity contribution in [2.75, 3.05) is 10.7 Å². The summed E-state index contributed by atoms with van der Waals surface area (Å²) in [7, 11) is 0. The molecule has 1 aromatic carbocycles. The van der Waals surface area contributed by atoms with Gasteiger partial charge in [0.05, 0.1) is 5.69 Å². The molecule has 4 N–H and O–H groups in total. The number of carbonyl (C=O) groups excluding carboxylic acids is 1. The molecule has 2 aromatic rings. The fourth-order valence-electron chi connectivity index (χ4n) is 1.97. The molecule has 0 bridgehead atoms. The molecule has 0 spiro atoms. The van der Waals surface area contributed by atoms with Crippen molar-refractivity contribution in [2.45, 2.75) is 20.3 Å². The fraction of sp³-hybridized carbons (Fsp3) is 0.200. The maximum Gasteiger partial charge on any atom is 0.274 e. The standard InChI is InChI=1S/C15H18N4O/c1-3-11-8-12(5-4-10(11)2)18-15(20)14-9-13(19-16)6-7-17-14/h4-9H,3,16H2,1-2H3,(H,17,19)(H,18,20). The minimum Gasteiger partial charge on any atom is -0.324 e. The second kappa shape index (κ2) is 6.16. The van der Waals surface area contributed by atoms with E-state index < -0.39 is 0 Å². The van der Waals surface area contributed by atoms with E-state index in [1.54, 1.807) is 12.1 Å². The topological polar surface area (TPSA) is 80.0 Å². The predicted octanol–water partition coefficient (Wildman–Crippen LogP) is 2.49. The lowest BCUT2D eigenvalue weighted by Crippen LogP contribution is -2.15. The maximum atomic E-state index is 12.1. The summed E-state index contributed by atoms with van der Waals surface area (Å²) in [5.74, 6) is 5.06. The number of nitrogens with zero attached hydrogens (tertiary/aromatic N) is 1. The number of amides is 1. The number of rotatable bonds is 4. The van der Waals surface area contributed by atoms with Crippen LogP contribution in [0.4, 0.5) is 11.4 Å². The van der Waals surface area contributed by atoms with Crippen molar-refractivity contribution in [1.82, 2.24) is 4.98 Å². The third kappa shape index (κ3) is 3.13. The molecular formula is C15H18N4O. The van der Waals surface area contributed by atoms with Gasteiger partial charge < -0.3 is 10.7 Å².